The van der Waals surface area contributed by atoms with Crippen molar-refractivity contribution in [2.24, 2.45) is 40.7 Å². The van der Waals surface area contributed by atoms with Gasteiger partial charge in [-0.3, -0.25) is 22.0 Å². The van der Waals surface area contributed by atoms with Gasteiger partial charge < -0.3 is 0 Å². The molecule has 0 saturated carbocycles. The van der Waals surface area contributed by atoms with Crippen molar-refractivity contribution < 1.29 is 26.9 Å². The van der Waals surface area contributed by atoms with Crippen molar-refractivity contribution >= 4 is 83.4 Å². The molecule has 15 heterocycles. The molecule has 0 aliphatic rings. The van der Waals surface area contributed by atoms with Gasteiger partial charge in [0.2, 0.25) is 28.5 Å². The summed E-state index contributed by atoms with van der Waals surface area (Å²) in [6, 6.07) is 67.0. The van der Waals surface area contributed by atoms with Crippen LogP contribution in [0.2, 0.25) is 0 Å². The summed E-state index contributed by atoms with van der Waals surface area (Å²) in [6.07, 6.45) is 21.8. The van der Waals surface area contributed by atoms with Gasteiger partial charge in [-0.1, -0.05) is 95.3 Å². The van der Waals surface area contributed by atoms with E-state index in [1.807, 2.05) is 78.5 Å². The lowest BCUT2D eigenvalue weighted by atomic mass is 9.86. The molecule has 15 heteroatoms. The summed E-state index contributed by atoms with van der Waals surface area (Å²) < 4.78 is 44.2. The summed E-state index contributed by atoms with van der Waals surface area (Å²) in [7, 11) is 10.3. The van der Waals surface area contributed by atoms with Crippen LogP contribution in [0.3, 0.4) is 0 Å². The van der Waals surface area contributed by atoms with Crippen LogP contribution in [0.25, 0.3) is 140 Å². The zero-order valence-corrected chi connectivity index (χ0v) is 72.2. The molecule has 0 fully saturated rings. The molecule has 119 heavy (non-hydrogen) atoms. The summed E-state index contributed by atoms with van der Waals surface area (Å²) in [6.45, 7) is 30.9. The number of aromatic nitrogens is 15. The minimum atomic E-state index is -2.11. The van der Waals surface area contributed by atoms with Gasteiger partial charge in [-0.25, -0.2) is 47.8 Å². The van der Waals surface area contributed by atoms with Crippen LogP contribution < -0.4 is 22.8 Å². The Morgan fingerprint density at radius 1 is 0.311 bits per heavy atom. The first-order valence-corrected chi connectivity index (χ1v) is 41.1. The van der Waals surface area contributed by atoms with Crippen molar-refractivity contribution in [1.82, 2.24) is 46.9 Å². The first-order valence-electron chi connectivity index (χ1n) is 42.6. The maximum Gasteiger partial charge on any atom is 0.215 e. The molecule has 0 radical (unpaired) electrons. The van der Waals surface area contributed by atoms with Crippen LogP contribution in [0.1, 0.15) is 117 Å². The highest BCUT2D eigenvalue weighted by molar-refractivity contribution is 5.99. The van der Waals surface area contributed by atoms with Crippen LogP contribution in [-0.4, -0.2) is 46.9 Å². The van der Waals surface area contributed by atoms with E-state index in [1.54, 1.807) is 12.3 Å². The second-order valence-corrected chi connectivity index (χ2v) is 33.9. The zero-order valence-electron chi connectivity index (χ0n) is 75.2. The van der Waals surface area contributed by atoms with Crippen molar-refractivity contribution in [2.75, 3.05) is 0 Å². The third-order valence-corrected chi connectivity index (χ3v) is 23.4. The second kappa shape index (κ2) is 31.9. The second-order valence-electron chi connectivity index (χ2n) is 33.9. The number of benzene rings is 5. The lowest BCUT2D eigenvalue weighted by Gasteiger charge is -2.19. The molecule has 0 N–H and O–H groups in total. The van der Waals surface area contributed by atoms with Gasteiger partial charge in [0.05, 0.1) is 55.4 Å². The third-order valence-electron chi connectivity index (χ3n) is 23.4. The minimum Gasteiger partial charge on any atom is -0.300 e. The Labute approximate surface area is 701 Å². The first kappa shape index (κ1) is 75.6. The summed E-state index contributed by atoms with van der Waals surface area (Å²) in [5, 5.41) is 0. The highest BCUT2D eigenvalue weighted by atomic mass is 15.1. The van der Waals surface area contributed by atoms with Crippen molar-refractivity contribution in [3.63, 3.8) is 0 Å². The van der Waals surface area contributed by atoms with Gasteiger partial charge in [0.15, 0.2) is 31.0 Å². The fourth-order valence-corrected chi connectivity index (χ4v) is 17.2. The zero-order chi connectivity index (χ0) is 86.2. The van der Waals surface area contributed by atoms with Gasteiger partial charge in [0.25, 0.3) is 0 Å². The van der Waals surface area contributed by atoms with E-state index in [0.29, 0.717) is 11.5 Å². The van der Waals surface area contributed by atoms with Crippen LogP contribution >= 0.6 is 0 Å². The topological polar surface area (TPSA) is 106 Å². The van der Waals surface area contributed by atoms with Gasteiger partial charge in [0.1, 0.15) is 91.1 Å². The van der Waals surface area contributed by atoms with E-state index < -0.39 is 6.85 Å². The Balaban J connectivity index is 0.000000113. The van der Waals surface area contributed by atoms with Crippen LogP contribution in [0.15, 0.2) is 256 Å². The van der Waals surface area contributed by atoms with E-state index in [-0.39, 0.29) is 5.41 Å². The fraction of sp³-hybridized carbons (Fsp3) is 0.231. The fourth-order valence-electron chi connectivity index (χ4n) is 17.2. The monoisotopic (exact) mass is 1570 g/mol. The SMILES string of the molecule is Cc1c[n+](C)c(-c2c(C)ccc3c2nc2ccccn23)cc1C(C)C.Cc1c[n+](C)c(-c2c(C)ccc3c2nc2ccccn23)cc1CC(C)(C)C.Cc1cc(-c2c(C)ccc3c2nc2ccccn23)[n+](C)cc1C.Cc1cc[n+](C)c(-c2c(C)ccc3c2nc2ccccn23)c1.[2H]C([2H])([2H])c1ccc(-c2c(C)ccc3c2nc2ccccn23)[n+](C)c1. The molecule has 5 aromatic carbocycles. The standard InChI is InChI=1S/C24H28N3.C22H24N3.C20H20N3.2C19H18N3/c1-16-10-11-19-23(25-21-9-7-8-12-27(19)21)22(16)20-13-18(14-24(3,4)5)17(2)15-26(20)6;1-14(2)17-12-19(24(5)13-16(17)4)21-15(3)9-10-18-22(21)23-20-8-6-7-11-25(18)20;1-13-8-9-16-20(21-18-7-5-6-10-23(16)18)19(13)17-11-14(2)15(3)12-22(17)4;1-13-7-9-15(21(3)12-13)18-14(2)8-10-16-19(18)20-17-6-4-5-11-22(16)17;1-13-9-11-21(3)16(12-13)18-14(2)7-8-15-19(18)20-17-6-4-5-10-22(15)17/h7-13,15H,14H2,1-6H3;6-14H,1-5H3;5-12H,1-4H3;2*4-12H,1-3H3/q5*+1/i;;;1D3;. The van der Waals surface area contributed by atoms with Gasteiger partial charge in [0, 0.05) is 93.7 Å². The maximum absolute atomic E-state index is 7.60. The highest BCUT2D eigenvalue weighted by Gasteiger charge is 2.28. The molecule has 15 nitrogen and oxygen atoms in total. The molecule has 594 valence electrons. The van der Waals surface area contributed by atoms with Crippen LogP contribution in [0.4, 0.5) is 0 Å². The van der Waals surface area contributed by atoms with E-state index in [1.165, 1.54) is 106 Å². The van der Waals surface area contributed by atoms with Gasteiger partial charge in [-0.2, -0.15) is 0 Å². The van der Waals surface area contributed by atoms with E-state index in [4.69, 9.17) is 29.0 Å². The minimum absolute atomic E-state index is 0.256. The van der Waals surface area contributed by atoms with E-state index in [2.05, 4.69) is 349 Å². The Morgan fingerprint density at radius 2 is 0.639 bits per heavy atom. The van der Waals surface area contributed by atoms with E-state index in [0.717, 1.165) is 107 Å². The Hall–Kier alpha value is -13.4. The number of fused-ring (bicyclic) bond motifs is 15. The molecule has 15 aromatic heterocycles. The predicted molar refractivity (Wildman–Crippen MR) is 486 cm³/mol. The normalized spacial score (nSPS) is 12.2. The highest BCUT2D eigenvalue weighted by Crippen LogP contribution is 2.38. The Morgan fingerprint density at radius 3 is 0.992 bits per heavy atom. The summed E-state index contributed by atoms with van der Waals surface area (Å²) in [5.41, 5.74) is 43.5. The summed E-state index contributed by atoms with van der Waals surface area (Å²) in [5.74, 6) is 0.500. The van der Waals surface area contributed by atoms with Crippen LogP contribution in [-0.2, 0) is 41.7 Å². The largest absolute Gasteiger partial charge is 0.300 e. The van der Waals surface area contributed by atoms with Crippen molar-refractivity contribution in [2.45, 2.75) is 123 Å². The Kier molecular flexibility index (Phi) is 20.3. The van der Waals surface area contributed by atoms with Crippen molar-refractivity contribution in [3.8, 4) is 56.3 Å². The summed E-state index contributed by atoms with van der Waals surface area (Å²) >= 11 is 0. The van der Waals surface area contributed by atoms with Crippen molar-refractivity contribution in [1.29, 1.82) is 0 Å². The number of aryl methyl sites for hydroxylation is 16. The van der Waals surface area contributed by atoms with Crippen molar-refractivity contribution in [3.05, 3.63) is 328 Å². The number of hydrogen-bond acceptors (Lipinski definition) is 5. The smallest absolute Gasteiger partial charge is 0.215 e. The lowest BCUT2D eigenvalue weighted by molar-refractivity contribution is -0.660. The summed E-state index contributed by atoms with van der Waals surface area (Å²) in [4.78, 5) is 24.5. The average molecular weight is 1570 g/mol. The van der Waals surface area contributed by atoms with Gasteiger partial charge in [-0.15, -0.1) is 0 Å². The molecule has 20 aromatic rings. The molecule has 20 rings (SSSR count). The van der Waals surface area contributed by atoms with Crippen LogP contribution in [0.5, 0.6) is 0 Å². The number of hydrogen-bond donors (Lipinski definition) is 0. The molecular formula is C104H108N15+5. The quantitative estimate of drug-likeness (QED) is 0.148. The molecular weight excluding hydrogens is 1460 g/mol. The molecule has 0 amide bonds. The Bertz CT molecular complexity index is 7510. The number of rotatable bonds is 7. The maximum atomic E-state index is 7.60. The number of pyridine rings is 10. The first-order chi connectivity index (χ1) is 58.3. The molecule has 0 spiro atoms. The number of nitrogens with zero attached hydrogens (tertiary/aromatic N) is 15. The molecule has 0 unspecified atom stereocenters. The molecule has 0 aliphatic carbocycles. The molecule has 0 saturated heterocycles. The predicted octanol–water partition coefficient (Wildman–Crippen LogP) is 21.0. The average Bonchev–Trinajstić information content (AvgIpc) is 1.24. The third kappa shape index (κ3) is 15.1. The van der Waals surface area contributed by atoms with Crippen LogP contribution in [0, 0.1) is 81.5 Å². The molecule has 0 aliphatic heterocycles. The molecule has 0 atom stereocenters. The van der Waals surface area contributed by atoms with Gasteiger partial charge >= 0.3 is 0 Å². The van der Waals surface area contributed by atoms with Gasteiger partial charge in [-0.05, 0) is 241 Å². The van der Waals surface area contributed by atoms with E-state index >= 15 is 0 Å². The molecule has 0 bridgehead atoms. The lowest BCUT2D eigenvalue weighted by Crippen LogP contribution is -2.32. The number of imidazole rings is 5. The van der Waals surface area contributed by atoms with E-state index in [9.17, 15) is 0 Å².